The van der Waals surface area contributed by atoms with Crippen molar-refractivity contribution in [2.75, 3.05) is 0 Å². The predicted molar refractivity (Wildman–Crippen MR) is 60.2 cm³/mol. The first-order chi connectivity index (χ1) is 8.67. The molecule has 0 heterocycles. The third-order valence-electron chi connectivity index (χ3n) is 1.86. The van der Waals surface area contributed by atoms with Crippen molar-refractivity contribution < 1.29 is 151 Å². The van der Waals surface area contributed by atoms with E-state index in [1.54, 1.807) is 0 Å². The third kappa shape index (κ3) is 18.1. The molecule has 0 saturated carbocycles. The fraction of sp³-hybridized carbons (Fsp3) is 0. The monoisotopic (exact) mass is 394 g/mol. The average Bonchev–Trinajstić information content (AvgIpc) is 2.25. The van der Waals surface area contributed by atoms with Gasteiger partial charge < -0.3 is 33.0 Å². The SMILES string of the molecule is O=P([O-])([O-])OP(=O)([O-])[O-].[Na+].[Na+].[Na+].[Na+].c1ccc2ccccc2c1. The molecule has 0 atom stereocenters. The van der Waals surface area contributed by atoms with E-state index in [1.165, 1.54) is 10.8 Å². The summed E-state index contributed by atoms with van der Waals surface area (Å²) in [6, 6.07) is 16.7. The van der Waals surface area contributed by atoms with Gasteiger partial charge in [-0.2, -0.15) is 0 Å². The quantitative estimate of drug-likeness (QED) is 0.365. The van der Waals surface area contributed by atoms with Crippen LogP contribution in [0.5, 0.6) is 0 Å². The summed E-state index contributed by atoms with van der Waals surface area (Å²) in [5.74, 6) is 0. The molecule has 0 saturated heterocycles. The summed E-state index contributed by atoms with van der Waals surface area (Å²) in [6.07, 6.45) is 0. The number of hydrogen-bond donors (Lipinski definition) is 0. The summed E-state index contributed by atoms with van der Waals surface area (Å²) < 4.78 is 21.2. The predicted octanol–water partition coefficient (Wildman–Crippen LogP) is -12.5. The Morgan fingerprint density at radius 1 is 0.609 bits per heavy atom. The summed E-state index contributed by atoms with van der Waals surface area (Å²) in [7, 11) is -11.4. The van der Waals surface area contributed by atoms with Gasteiger partial charge in [-0.3, -0.25) is 0 Å². The average molecular weight is 394 g/mol. The molecule has 0 bridgehead atoms. The van der Waals surface area contributed by atoms with Crippen LogP contribution >= 0.6 is 15.6 Å². The topological polar surface area (TPSA) is 136 Å². The van der Waals surface area contributed by atoms with Gasteiger partial charge in [-0.15, -0.1) is 0 Å². The maximum Gasteiger partial charge on any atom is 1.00 e. The van der Waals surface area contributed by atoms with Crippen LogP contribution in [-0.4, -0.2) is 0 Å². The number of phosphoric acid groups is 2. The Morgan fingerprint density at radius 3 is 0.957 bits per heavy atom. The first-order valence-electron chi connectivity index (χ1n) is 4.87. The summed E-state index contributed by atoms with van der Waals surface area (Å²) in [4.78, 5) is 37.3. The van der Waals surface area contributed by atoms with E-state index in [9.17, 15) is 28.7 Å². The molecule has 2 aromatic rings. The first-order valence-corrected chi connectivity index (χ1v) is 7.79. The van der Waals surface area contributed by atoms with Crippen molar-refractivity contribution in [2.45, 2.75) is 0 Å². The van der Waals surface area contributed by atoms with Gasteiger partial charge in [0.05, 0.1) is 15.6 Å². The Morgan fingerprint density at radius 2 is 0.826 bits per heavy atom. The molecule has 0 aliphatic heterocycles. The first kappa shape index (κ1) is 33.5. The molecule has 2 aromatic carbocycles. The van der Waals surface area contributed by atoms with Crippen molar-refractivity contribution >= 4 is 26.4 Å². The zero-order chi connectivity index (χ0) is 14.5. The fourth-order valence-electron chi connectivity index (χ4n) is 1.26. The second-order valence-electron chi connectivity index (χ2n) is 3.32. The van der Waals surface area contributed by atoms with Gasteiger partial charge in [0, 0.05) is 0 Å². The molecule has 2 rings (SSSR count). The second-order valence-corrected chi connectivity index (χ2v) is 5.77. The van der Waals surface area contributed by atoms with Crippen LogP contribution in [0.4, 0.5) is 0 Å². The minimum Gasteiger partial charge on any atom is -0.790 e. The maximum atomic E-state index is 9.32. The number of benzene rings is 2. The fourth-order valence-corrected chi connectivity index (χ4v) is 2.24. The Bertz CT molecular complexity index is 560. The van der Waals surface area contributed by atoms with Crippen LogP contribution < -0.4 is 138 Å². The van der Waals surface area contributed by atoms with E-state index < -0.39 is 15.6 Å². The molecule has 0 radical (unpaired) electrons. The molecule has 0 spiro atoms. The summed E-state index contributed by atoms with van der Waals surface area (Å²) in [5.41, 5.74) is 0. The summed E-state index contributed by atoms with van der Waals surface area (Å²) in [6.45, 7) is 0. The number of rotatable bonds is 2. The molecule has 104 valence electrons. The van der Waals surface area contributed by atoms with E-state index in [-0.39, 0.29) is 118 Å². The van der Waals surface area contributed by atoms with Crippen LogP contribution in [0, 0.1) is 0 Å². The molecule has 7 nitrogen and oxygen atoms in total. The molecule has 0 N–H and O–H groups in total. The summed E-state index contributed by atoms with van der Waals surface area (Å²) in [5, 5.41) is 2.62. The third-order valence-corrected chi connectivity index (χ3v) is 3.46. The van der Waals surface area contributed by atoms with Crippen molar-refractivity contribution in [1.82, 2.24) is 0 Å². The molecule has 0 aromatic heterocycles. The van der Waals surface area contributed by atoms with Crippen LogP contribution in [-0.2, 0) is 13.4 Å². The Balaban J connectivity index is -0.000000135. The minimum atomic E-state index is -5.68. The van der Waals surface area contributed by atoms with E-state index in [2.05, 4.69) is 52.8 Å². The van der Waals surface area contributed by atoms with Gasteiger partial charge in [0.2, 0.25) is 0 Å². The molecule has 0 fully saturated rings. The normalized spacial score (nSPS) is 9.74. The largest absolute Gasteiger partial charge is 1.00 e. The Labute approximate surface area is 222 Å². The van der Waals surface area contributed by atoms with Crippen LogP contribution in [0.3, 0.4) is 0 Å². The van der Waals surface area contributed by atoms with Crippen LogP contribution in [0.1, 0.15) is 0 Å². The molecule has 0 amide bonds. The van der Waals surface area contributed by atoms with Crippen molar-refractivity contribution in [3.8, 4) is 0 Å². The molecule has 0 aliphatic rings. The van der Waals surface area contributed by atoms with Crippen LogP contribution in [0.2, 0.25) is 0 Å². The second kappa shape index (κ2) is 16.0. The maximum absolute atomic E-state index is 9.32. The zero-order valence-electron chi connectivity index (χ0n) is 13.4. The number of hydrogen-bond acceptors (Lipinski definition) is 7. The van der Waals surface area contributed by atoms with E-state index >= 15 is 0 Å². The van der Waals surface area contributed by atoms with Gasteiger partial charge in [0.25, 0.3) is 0 Å². The van der Waals surface area contributed by atoms with Crippen molar-refractivity contribution in [2.24, 2.45) is 0 Å². The Kier molecular flexibility index (Phi) is 23.3. The van der Waals surface area contributed by atoms with Gasteiger partial charge >= 0.3 is 118 Å². The van der Waals surface area contributed by atoms with E-state index in [0.29, 0.717) is 0 Å². The zero-order valence-corrected chi connectivity index (χ0v) is 23.2. The van der Waals surface area contributed by atoms with Crippen LogP contribution in [0.25, 0.3) is 10.8 Å². The standard InChI is InChI=1S/C10H8.4Na.H4O7P2/c1-2-6-10-8-4-3-7-9(10)5-1;;;;;1-8(2,3)7-9(4,5)6/h1-8H;;;;;(H2,1,2,3)(H2,4,5,6)/q;4*+1;/p-4. The van der Waals surface area contributed by atoms with Crippen molar-refractivity contribution in [3.05, 3.63) is 48.5 Å². The summed E-state index contributed by atoms with van der Waals surface area (Å²) >= 11 is 0. The van der Waals surface area contributed by atoms with E-state index in [0.717, 1.165) is 0 Å². The molecule has 0 aliphatic carbocycles. The van der Waals surface area contributed by atoms with Gasteiger partial charge in [-0.25, -0.2) is 0 Å². The molecular weight excluding hydrogens is 386 g/mol. The Hall–Kier alpha value is 2.96. The van der Waals surface area contributed by atoms with Gasteiger partial charge in [0.15, 0.2) is 0 Å². The van der Waals surface area contributed by atoms with Gasteiger partial charge in [0.1, 0.15) is 0 Å². The molecule has 0 unspecified atom stereocenters. The molecule has 23 heavy (non-hydrogen) atoms. The van der Waals surface area contributed by atoms with Gasteiger partial charge in [-0.05, 0) is 10.8 Å². The number of fused-ring (bicyclic) bond motifs is 1. The van der Waals surface area contributed by atoms with E-state index in [4.69, 9.17) is 0 Å². The molecule has 13 heteroatoms. The van der Waals surface area contributed by atoms with Gasteiger partial charge in [-0.1, -0.05) is 48.5 Å². The smallest absolute Gasteiger partial charge is 0.790 e. The van der Waals surface area contributed by atoms with Crippen molar-refractivity contribution in [1.29, 1.82) is 0 Å². The van der Waals surface area contributed by atoms with E-state index in [1.807, 2.05) is 0 Å². The molecular formula is C10H8Na4O7P2. The van der Waals surface area contributed by atoms with Crippen molar-refractivity contribution in [3.63, 3.8) is 0 Å². The minimum absolute atomic E-state index is 0. The van der Waals surface area contributed by atoms with Crippen LogP contribution in [0.15, 0.2) is 48.5 Å².